The van der Waals surface area contributed by atoms with Gasteiger partial charge in [-0.2, -0.15) is 0 Å². The molecule has 0 aromatic heterocycles. The molecule has 3 atom stereocenters. The number of carbonyl (C=O) groups is 1. The maximum absolute atomic E-state index is 10.5. The SMILES string of the molecule is CC1CC[C@H](C)[C@H](C=O)C1. The lowest BCUT2D eigenvalue weighted by atomic mass is 9.76. The average molecular weight is 140 g/mol. The monoisotopic (exact) mass is 140 g/mol. The highest BCUT2D eigenvalue weighted by Crippen LogP contribution is 2.31. The number of aldehydes is 1. The Labute approximate surface area is 62.8 Å². The fourth-order valence-electron chi connectivity index (χ4n) is 1.77. The second-order valence-electron chi connectivity index (χ2n) is 3.70. The molecule has 1 unspecified atom stereocenters. The minimum atomic E-state index is 0.351. The summed E-state index contributed by atoms with van der Waals surface area (Å²) < 4.78 is 0. The van der Waals surface area contributed by atoms with E-state index in [0.717, 1.165) is 18.6 Å². The van der Waals surface area contributed by atoms with E-state index in [4.69, 9.17) is 0 Å². The van der Waals surface area contributed by atoms with Gasteiger partial charge in [0.25, 0.3) is 0 Å². The van der Waals surface area contributed by atoms with Gasteiger partial charge in [-0.05, 0) is 24.7 Å². The van der Waals surface area contributed by atoms with Crippen LogP contribution in [0.4, 0.5) is 0 Å². The van der Waals surface area contributed by atoms with Gasteiger partial charge in [-0.15, -0.1) is 0 Å². The maximum atomic E-state index is 10.5. The van der Waals surface area contributed by atoms with Gasteiger partial charge in [0, 0.05) is 5.92 Å². The molecule has 0 bridgehead atoms. The molecule has 58 valence electrons. The van der Waals surface area contributed by atoms with Crippen LogP contribution in [0, 0.1) is 17.8 Å². The van der Waals surface area contributed by atoms with Crippen LogP contribution in [-0.2, 0) is 4.79 Å². The number of hydrogen-bond donors (Lipinski definition) is 0. The van der Waals surface area contributed by atoms with Crippen LogP contribution in [0.3, 0.4) is 0 Å². The Morgan fingerprint density at radius 3 is 2.50 bits per heavy atom. The lowest BCUT2D eigenvalue weighted by Gasteiger charge is -2.28. The molecule has 0 aromatic carbocycles. The molecule has 0 radical (unpaired) electrons. The van der Waals surface area contributed by atoms with Gasteiger partial charge in [0.1, 0.15) is 6.29 Å². The standard InChI is InChI=1S/C9H16O/c1-7-3-4-8(2)9(5-7)6-10/h6-9H,3-5H2,1-2H3/t7?,8-,9-/m0/s1. The predicted octanol–water partition coefficient (Wildman–Crippen LogP) is 2.26. The Morgan fingerprint density at radius 1 is 1.30 bits per heavy atom. The normalized spacial score (nSPS) is 41.2. The van der Waals surface area contributed by atoms with Gasteiger partial charge >= 0.3 is 0 Å². The van der Waals surface area contributed by atoms with Crippen LogP contribution in [0.1, 0.15) is 33.1 Å². The van der Waals surface area contributed by atoms with E-state index in [9.17, 15) is 4.79 Å². The summed E-state index contributed by atoms with van der Waals surface area (Å²) in [6, 6.07) is 0. The van der Waals surface area contributed by atoms with Gasteiger partial charge in [0.15, 0.2) is 0 Å². The number of hydrogen-bond acceptors (Lipinski definition) is 1. The van der Waals surface area contributed by atoms with Crippen molar-refractivity contribution in [3.05, 3.63) is 0 Å². The molecule has 0 aromatic rings. The first-order chi connectivity index (χ1) is 4.74. The highest BCUT2D eigenvalue weighted by atomic mass is 16.1. The van der Waals surface area contributed by atoms with Crippen LogP contribution in [0.15, 0.2) is 0 Å². The van der Waals surface area contributed by atoms with Crippen molar-refractivity contribution in [2.75, 3.05) is 0 Å². The number of carbonyl (C=O) groups excluding carboxylic acids is 1. The topological polar surface area (TPSA) is 17.1 Å². The molecule has 1 saturated carbocycles. The third-order valence-corrected chi connectivity index (χ3v) is 2.70. The summed E-state index contributed by atoms with van der Waals surface area (Å²) in [5, 5.41) is 0. The van der Waals surface area contributed by atoms with Crippen molar-refractivity contribution in [2.45, 2.75) is 33.1 Å². The van der Waals surface area contributed by atoms with E-state index in [1.165, 1.54) is 12.8 Å². The van der Waals surface area contributed by atoms with Gasteiger partial charge in [-0.25, -0.2) is 0 Å². The fraction of sp³-hybridized carbons (Fsp3) is 0.889. The smallest absolute Gasteiger partial charge is 0.123 e. The second-order valence-corrected chi connectivity index (χ2v) is 3.70. The van der Waals surface area contributed by atoms with E-state index in [1.807, 2.05) is 0 Å². The highest BCUT2D eigenvalue weighted by Gasteiger charge is 2.24. The molecule has 1 heteroatoms. The predicted molar refractivity (Wildman–Crippen MR) is 41.7 cm³/mol. The first-order valence-corrected chi connectivity index (χ1v) is 4.19. The zero-order chi connectivity index (χ0) is 7.56. The first kappa shape index (κ1) is 7.77. The molecule has 0 N–H and O–H groups in total. The largest absolute Gasteiger partial charge is 0.303 e. The van der Waals surface area contributed by atoms with Crippen molar-refractivity contribution in [3.63, 3.8) is 0 Å². The van der Waals surface area contributed by atoms with Crippen molar-refractivity contribution in [1.82, 2.24) is 0 Å². The molecule has 1 aliphatic rings. The van der Waals surface area contributed by atoms with E-state index in [2.05, 4.69) is 13.8 Å². The minimum absolute atomic E-state index is 0.351. The van der Waals surface area contributed by atoms with Crippen LogP contribution >= 0.6 is 0 Å². The van der Waals surface area contributed by atoms with Gasteiger partial charge in [0.05, 0.1) is 0 Å². The summed E-state index contributed by atoms with van der Waals surface area (Å²) in [6.07, 6.45) is 4.81. The third kappa shape index (κ3) is 1.59. The molecule has 0 amide bonds. The van der Waals surface area contributed by atoms with Crippen LogP contribution in [0.5, 0.6) is 0 Å². The van der Waals surface area contributed by atoms with Crippen molar-refractivity contribution in [1.29, 1.82) is 0 Å². The molecule has 1 rings (SSSR count). The van der Waals surface area contributed by atoms with Gasteiger partial charge in [-0.1, -0.05) is 20.3 Å². The van der Waals surface area contributed by atoms with Crippen molar-refractivity contribution < 1.29 is 4.79 Å². The van der Waals surface area contributed by atoms with Crippen LogP contribution in [0.25, 0.3) is 0 Å². The van der Waals surface area contributed by atoms with E-state index in [1.54, 1.807) is 0 Å². The molecule has 0 spiro atoms. The summed E-state index contributed by atoms with van der Waals surface area (Å²) in [6.45, 7) is 4.42. The van der Waals surface area contributed by atoms with E-state index in [-0.39, 0.29) is 0 Å². The fourth-order valence-corrected chi connectivity index (χ4v) is 1.77. The van der Waals surface area contributed by atoms with Crippen molar-refractivity contribution in [3.8, 4) is 0 Å². The van der Waals surface area contributed by atoms with Gasteiger partial charge < -0.3 is 4.79 Å². The minimum Gasteiger partial charge on any atom is -0.303 e. The Kier molecular flexibility index (Phi) is 2.47. The molecule has 0 saturated heterocycles. The molecule has 1 nitrogen and oxygen atoms in total. The summed E-state index contributed by atoms with van der Waals surface area (Å²) in [5.41, 5.74) is 0. The molecular weight excluding hydrogens is 124 g/mol. The van der Waals surface area contributed by atoms with Crippen molar-refractivity contribution >= 4 is 6.29 Å². The van der Waals surface area contributed by atoms with Gasteiger partial charge in [0.2, 0.25) is 0 Å². The molecule has 1 aliphatic carbocycles. The van der Waals surface area contributed by atoms with E-state index in [0.29, 0.717) is 11.8 Å². The Balaban J connectivity index is 2.45. The van der Waals surface area contributed by atoms with E-state index >= 15 is 0 Å². The zero-order valence-corrected chi connectivity index (χ0v) is 6.84. The summed E-state index contributed by atoms with van der Waals surface area (Å²) >= 11 is 0. The Bertz CT molecular complexity index is 120. The van der Waals surface area contributed by atoms with E-state index < -0.39 is 0 Å². The molecule has 0 aliphatic heterocycles. The van der Waals surface area contributed by atoms with Crippen molar-refractivity contribution in [2.24, 2.45) is 17.8 Å². The first-order valence-electron chi connectivity index (χ1n) is 4.19. The molecule has 0 heterocycles. The molecular formula is C9H16O. The third-order valence-electron chi connectivity index (χ3n) is 2.70. The average Bonchev–Trinajstić information content (AvgIpc) is 1.94. The lowest BCUT2D eigenvalue weighted by molar-refractivity contribution is -0.113. The summed E-state index contributed by atoms with van der Waals surface area (Å²) in [7, 11) is 0. The van der Waals surface area contributed by atoms with Crippen LogP contribution in [0.2, 0.25) is 0 Å². The maximum Gasteiger partial charge on any atom is 0.123 e. The van der Waals surface area contributed by atoms with Crippen LogP contribution < -0.4 is 0 Å². The quantitative estimate of drug-likeness (QED) is 0.510. The number of rotatable bonds is 1. The summed E-state index contributed by atoms with van der Waals surface area (Å²) in [4.78, 5) is 10.5. The Hall–Kier alpha value is -0.330. The summed E-state index contributed by atoms with van der Waals surface area (Å²) in [5.74, 6) is 1.75. The Morgan fingerprint density at radius 2 is 2.00 bits per heavy atom. The second kappa shape index (κ2) is 3.18. The zero-order valence-electron chi connectivity index (χ0n) is 6.84. The lowest BCUT2D eigenvalue weighted by Crippen LogP contribution is -2.22. The van der Waals surface area contributed by atoms with Gasteiger partial charge in [-0.3, -0.25) is 0 Å². The highest BCUT2D eigenvalue weighted by molar-refractivity contribution is 5.54. The molecule has 10 heavy (non-hydrogen) atoms. The molecule has 1 fully saturated rings. The van der Waals surface area contributed by atoms with Crippen LogP contribution in [-0.4, -0.2) is 6.29 Å².